The molecule has 0 aromatic heterocycles. The van der Waals surface area contributed by atoms with Crippen molar-refractivity contribution in [2.75, 3.05) is 39.4 Å². The van der Waals surface area contributed by atoms with Crippen molar-refractivity contribution in [3.05, 3.63) is 11.4 Å². The lowest BCUT2D eigenvalue weighted by atomic mass is 10.1. The number of hydrogen-bond acceptors (Lipinski definition) is 5. The van der Waals surface area contributed by atoms with Gasteiger partial charge in [-0.2, -0.15) is 0 Å². The minimum Gasteiger partial charge on any atom is -0.444 e. The van der Waals surface area contributed by atoms with Crippen LogP contribution in [-0.4, -0.2) is 90.1 Å². The number of urea groups is 1. The lowest BCUT2D eigenvalue weighted by Crippen LogP contribution is -2.90. The minimum atomic E-state index is -0.569. The molecule has 0 aromatic rings. The number of rotatable bonds is 2. The van der Waals surface area contributed by atoms with E-state index in [9.17, 15) is 9.59 Å². The molecule has 0 aliphatic carbocycles. The Balaban J connectivity index is 1.81. The lowest BCUT2D eigenvalue weighted by Gasteiger charge is -2.35. The van der Waals surface area contributed by atoms with E-state index in [-0.39, 0.29) is 24.2 Å². The summed E-state index contributed by atoms with van der Waals surface area (Å²) >= 11 is 0. The molecule has 0 bridgehead atoms. The molecule has 0 aromatic carbocycles. The maximum Gasteiger partial charge on any atom is 0.411 e. The third kappa shape index (κ3) is 4.08. The number of allylic oxidation sites excluding steroid dienone is 1. The van der Waals surface area contributed by atoms with Crippen LogP contribution in [0.2, 0.25) is 0 Å². The van der Waals surface area contributed by atoms with Crippen molar-refractivity contribution < 1.29 is 24.4 Å². The van der Waals surface area contributed by atoms with Crippen molar-refractivity contribution in [2.24, 2.45) is 0 Å². The Morgan fingerprint density at radius 3 is 2.78 bits per heavy atom. The Labute approximate surface area is 159 Å². The lowest BCUT2D eigenvalue weighted by molar-refractivity contribution is -0.622. The van der Waals surface area contributed by atoms with Crippen molar-refractivity contribution in [3.8, 4) is 0 Å². The normalized spacial score (nSPS) is 28.1. The topological polar surface area (TPSA) is 103 Å². The number of quaternary nitrogens is 1. The predicted octanol–water partition coefficient (Wildman–Crippen LogP) is 0.187. The van der Waals surface area contributed by atoms with Gasteiger partial charge in [0.2, 0.25) is 0 Å². The van der Waals surface area contributed by atoms with Crippen LogP contribution in [0.1, 0.15) is 27.7 Å². The molecule has 9 nitrogen and oxygen atoms in total. The average Bonchev–Trinajstić information content (AvgIpc) is 2.92. The Morgan fingerprint density at radius 1 is 1.41 bits per heavy atom. The number of fused-ring (bicyclic) bond motifs is 1. The van der Waals surface area contributed by atoms with Gasteiger partial charge >= 0.3 is 12.1 Å². The van der Waals surface area contributed by atoms with E-state index in [4.69, 9.17) is 14.9 Å². The number of nitrogens with one attached hydrogen (secondary N) is 1. The van der Waals surface area contributed by atoms with Crippen LogP contribution < -0.4 is 5.32 Å². The Kier molecular flexibility index (Phi) is 5.43. The zero-order chi connectivity index (χ0) is 19.8. The van der Waals surface area contributed by atoms with Crippen LogP contribution in [-0.2, 0) is 9.47 Å². The van der Waals surface area contributed by atoms with Crippen LogP contribution in [0.3, 0.4) is 0 Å². The summed E-state index contributed by atoms with van der Waals surface area (Å²) in [6, 6.07) is -0.0685. The Morgan fingerprint density at radius 2 is 2.15 bits per heavy atom. The fraction of sp³-hybridized carbons (Fsp3) is 0.722. The zero-order valence-corrected chi connectivity index (χ0v) is 16.5. The number of carbonyl (C=O) groups is 2. The standard InChI is InChI=1S/C18H29N5O4/c1-12-8-20-14(10-22(12)17(25)27-18(2,3)4)15(7-19)23-9-13-11-26-6-5-21(13)16(23)24/h7,12-13,19-20H,5-6,8-11H2,1-4H3/p+1. The van der Waals surface area contributed by atoms with Crippen LogP contribution in [0.25, 0.3) is 0 Å². The van der Waals surface area contributed by atoms with E-state index in [2.05, 4.69) is 0 Å². The van der Waals surface area contributed by atoms with Crippen LogP contribution in [0, 0.1) is 5.41 Å². The third-order valence-electron chi connectivity index (χ3n) is 5.06. The van der Waals surface area contributed by atoms with Crippen LogP contribution in [0.5, 0.6) is 0 Å². The molecule has 0 radical (unpaired) electrons. The van der Waals surface area contributed by atoms with Crippen LogP contribution in [0.4, 0.5) is 9.59 Å². The first kappa shape index (κ1) is 19.6. The maximum absolute atomic E-state index is 12.8. The zero-order valence-electron chi connectivity index (χ0n) is 16.5. The molecule has 3 saturated heterocycles. The number of ether oxygens (including phenoxy) is 2. The number of carbonyl (C=O) groups excluding carboxylic acids is 2. The Bertz CT molecular complexity index is 657. The van der Waals surface area contributed by atoms with Crippen molar-refractivity contribution >= 4 is 18.3 Å². The van der Waals surface area contributed by atoms with E-state index < -0.39 is 5.60 Å². The van der Waals surface area contributed by atoms with E-state index >= 15 is 0 Å². The first-order chi connectivity index (χ1) is 12.7. The van der Waals surface area contributed by atoms with Gasteiger partial charge in [0.25, 0.3) is 0 Å². The molecule has 3 heterocycles. The van der Waals surface area contributed by atoms with Crippen LogP contribution >= 0.6 is 0 Å². The van der Waals surface area contributed by atoms with Gasteiger partial charge in [-0.1, -0.05) is 0 Å². The van der Waals surface area contributed by atoms with E-state index in [1.54, 1.807) is 9.80 Å². The number of morpholine rings is 1. The molecule has 150 valence electrons. The fourth-order valence-electron chi connectivity index (χ4n) is 3.64. The van der Waals surface area contributed by atoms with Gasteiger partial charge in [-0.3, -0.25) is 9.80 Å². The molecule has 27 heavy (non-hydrogen) atoms. The second kappa shape index (κ2) is 7.47. The third-order valence-corrected chi connectivity index (χ3v) is 5.06. The first-order valence-corrected chi connectivity index (χ1v) is 9.43. The molecular weight excluding hydrogens is 350 g/mol. The monoisotopic (exact) mass is 380 g/mol. The Hall–Kier alpha value is -2.13. The second-order valence-corrected chi connectivity index (χ2v) is 8.27. The summed E-state index contributed by atoms with van der Waals surface area (Å²) < 4.78 is 11.0. The van der Waals surface area contributed by atoms with E-state index in [1.165, 1.54) is 6.21 Å². The van der Waals surface area contributed by atoms with Gasteiger partial charge in [0.05, 0.1) is 31.8 Å². The molecule has 2 atom stereocenters. The quantitative estimate of drug-likeness (QED) is 0.668. The highest BCUT2D eigenvalue weighted by Gasteiger charge is 2.42. The molecule has 3 fully saturated rings. The van der Waals surface area contributed by atoms with Crippen molar-refractivity contribution in [2.45, 2.75) is 45.4 Å². The molecule has 3 amide bonds. The number of nitrogens with zero attached hydrogens (tertiary/aromatic N) is 3. The maximum atomic E-state index is 12.8. The minimum absolute atomic E-state index is 0.00425. The van der Waals surface area contributed by atoms with E-state index in [1.807, 2.05) is 37.9 Å². The van der Waals surface area contributed by atoms with Gasteiger partial charge in [-0.05, 0) is 27.7 Å². The highest BCUT2D eigenvalue weighted by molar-refractivity contribution is 5.88. The molecule has 3 aliphatic rings. The molecule has 0 saturated carbocycles. The van der Waals surface area contributed by atoms with E-state index in [0.29, 0.717) is 45.1 Å². The summed E-state index contributed by atoms with van der Waals surface area (Å²) in [6.45, 7) is 10.6. The van der Waals surface area contributed by atoms with Gasteiger partial charge in [0.15, 0.2) is 5.70 Å². The van der Waals surface area contributed by atoms with Crippen molar-refractivity contribution in [1.82, 2.24) is 14.7 Å². The number of piperazine rings is 1. The van der Waals surface area contributed by atoms with Gasteiger partial charge < -0.3 is 25.1 Å². The SMILES string of the molecule is CC1C[NH2+]C(=C(C=N)N2CC3COCCN3C2=O)CN1C(=O)OC(C)(C)C. The molecule has 3 rings (SSSR count). The smallest absolute Gasteiger partial charge is 0.411 e. The second-order valence-electron chi connectivity index (χ2n) is 8.27. The van der Waals surface area contributed by atoms with Gasteiger partial charge in [-0.15, -0.1) is 0 Å². The van der Waals surface area contributed by atoms with Gasteiger partial charge in [-0.25, -0.2) is 9.59 Å². The fourth-order valence-corrected chi connectivity index (χ4v) is 3.64. The first-order valence-electron chi connectivity index (χ1n) is 9.43. The molecule has 3 N–H and O–H groups in total. The summed E-state index contributed by atoms with van der Waals surface area (Å²) in [7, 11) is 0. The average molecular weight is 380 g/mol. The summed E-state index contributed by atoms with van der Waals surface area (Å²) in [5.41, 5.74) is 0.790. The highest BCUT2D eigenvalue weighted by Crippen LogP contribution is 2.24. The largest absolute Gasteiger partial charge is 0.444 e. The molecule has 0 spiro atoms. The molecule has 3 aliphatic heterocycles. The summed E-state index contributed by atoms with van der Waals surface area (Å²) in [6.07, 6.45) is 0.843. The summed E-state index contributed by atoms with van der Waals surface area (Å²) in [4.78, 5) is 30.5. The number of hydrogen-bond donors (Lipinski definition) is 2. The number of amides is 3. The molecule has 2 unspecified atom stereocenters. The predicted molar refractivity (Wildman–Crippen MR) is 98.4 cm³/mol. The van der Waals surface area contributed by atoms with Crippen molar-refractivity contribution in [1.29, 1.82) is 5.41 Å². The number of nitrogens with two attached hydrogens (primary N) is 1. The van der Waals surface area contributed by atoms with Crippen molar-refractivity contribution in [3.63, 3.8) is 0 Å². The van der Waals surface area contributed by atoms with E-state index in [0.717, 1.165) is 5.70 Å². The van der Waals surface area contributed by atoms with Crippen LogP contribution in [0.15, 0.2) is 11.4 Å². The van der Waals surface area contributed by atoms with Gasteiger partial charge in [0, 0.05) is 12.8 Å². The summed E-state index contributed by atoms with van der Waals surface area (Å²) in [5.74, 6) is 0. The molecule has 9 heteroatoms. The summed E-state index contributed by atoms with van der Waals surface area (Å²) in [5, 5.41) is 9.92. The highest BCUT2D eigenvalue weighted by atomic mass is 16.6. The van der Waals surface area contributed by atoms with Gasteiger partial charge in [0.1, 0.15) is 24.4 Å². The molecular formula is C18H30N5O4+.